The number of carbonyl (C=O) groups excluding carboxylic acids is 1. The largest absolute Gasteiger partial charge is 0.369 e. The molecule has 2 aliphatic rings. The second kappa shape index (κ2) is 6.51. The molecule has 1 aliphatic carbocycles. The number of aromatic nitrogens is 4. The number of likely N-dealkylation sites (tertiary alicyclic amines) is 1. The minimum Gasteiger partial charge on any atom is -0.342 e. The molecule has 128 valence electrons. The number of hydrogen-bond acceptors (Lipinski definition) is 5. The molecular formula is C16H21N5O2S. The van der Waals surface area contributed by atoms with Crippen molar-refractivity contribution in [2.75, 3.05) is 13.1 Å². The summed E-state index contributed by atoms with van der Waals surface area (Å²) in [6.45, 7) is 1.41. The zero-order valence-electron chi connectivity index (χ0n) is 13.5. The first-order valence-corrected chi connectivity index (χ1v) is 9.49. The molecule has 4 rings (SSSR count). The maximum Gasteiger partial charge on any atom is 0.369 e. The van der Waals surface area contributed by atoms with Crippen LogP contribution in [-0.2, 0) is 4.79 Å². The van der Waals surface area contributed by atoms with Gasteiger partial charge in [0.1, 0.15) is 5.00 Å². The third-order valence-electron chi connectivity index (χ3n) is 5.14. The average Bonchev–Trinajstić information content (AvgIpc) is 3.36. The lowest BCUT2D eigenvalue weighted by atomic mass is 10.0. The zero-order valence-corrected chi connectivity index (χ0v) is 14.3. The molecule has 1 saturated carbocycles. The molecule has 0 aromatic carbocycles. The summed E-state index contributed by atoms with van der Waals surface area (Å²) < 4.78 is 2.83. The Balaban J connectivity index is 1.43. The molecule has 1 aliphatic heterocycles. The second-order valence-electron chi connectivity index (χ2n) is 6.61. The molecular weight excluding hydrogens is 326 g/mol. The van der Waals surface area contributed by atoms with Gasteiger partial charge in [-0.05, 0) is 53.6 Å². The Morgan fingerprint density at radius 2 is 1.88 bits per heavy atom. The van der Waals surface area contributed by atoms with Crippen LogP contribution in [0.15, 0.2) is 22.3 Å². The second-order valence-corrected chi connectivity index (χ2v) is 7.53. The fourth-order valence-electron chi connectivity index (χ4n) is 3.78. The number of rotatable bonds is 3. The fourth-order valence-corrected chi connectivity index (χ4v) is 4.44. The normalized spacial score (nSPS) is 19.9. The van der Waals surface area contributed by atoms with Gasteiger partial charge >= 0.3 is 5.69 Å². The monoisotopic (exact) mass is 347 g/mol. The van der Waals surface area contributed by atoms with E-state index >= 15 is 0 Å². The van der Waals surface area contributed by atoms with Crippen molar-refractivity contribution in [2.24, 2.45) is 5.92 Å². The maximum atomic E-state index is 12.5. The number of carbonyl (C=O) groups is 1. The topological polar surface area (TPSA) is 73.0 Å². The smallest absolute Gasteiger partial charge is 0.342 e. The highest BCUT2D eigenvalue weighted by Gasteiger charge is 2.31. The maximum absolute atomic E-state index is 12.5. The number of piperidine rings is 1. The standard InChI is InChI=1S/C16H21N5O2S/c22-15(12-4-1-2-5-12)19-9-7-13(8-10-19)20-16(23)21(18-17-20)14-6-3-11-24-14/h3,6,11-13H,1-2,4-5,7-10H2. The number of thiophene rings is 1. The molecule has 2 aromatic rings. The van der Waals surface area contributed by atoms with Crippen LogP contribution in [0.25, 0.3) is 5.00 Å². The highest BCUT2D eigenvalue weighted by atomic mass is 32.1. The SMILES string of the molecule is O=C(C1CCCC1)N1CCC(n2nnn(-c3cccs3)c2=O)CC1. The Morgan fingerprint density at radius 3 is 2.54 bits per heavy atom. The van der Waals surface area contributed by atoms with E-state index in [9.17, 15) is 9.59 Å². The van der Waals surface area contributed by atoms with Gasteiger partial charge in [0.25, 0.3) is 0 Å². The van der Waals surface area contributed by atoms with Crippen LogP contribution in [0.4, 0.5) is 0 Å². The van der Waals surface area contributed by atoms with Gasteiger partial charge in [-0.1, -0.05) is 12.8 Å². The number of tetrazole rings is 1. The summed E-state index contributed by atoms with van der Waals surface area (Å²) in [6, 6.07) is 3.77. The first kappa shape index (κ1) is 15.6. The van der Waals surface area contributed by atoms with Gasteiger partial charge in [-0.15, -0.1) is 11.3 Å². The van der Waals surface area contributed by atoms with Crippen molar-refractivity contribution in [2.45, 2.75) is 44.6 Å². The number of nitrogens with zero attached hydrogens (tertiary/aromatic N) is 5. The quantitative estimate of drug-likeness (QED) is 0.849. The van der Waals surface area contributed by atoms with Gasteiger partial charge < -0.3 is 4.90 Å². The van der Waals surface area contributed by atoms with Crippen LogP contribution in [0.2, 0.25) is 0 Å². The summed E-state index contributed by atoms with van der Waals surface area (Å²) in [4.78, 5) is 27.0. The number of hydrogen-bond donors (Lipinski definition) is 0. The van der Waals surface area contributed by atoms with Crippen LogP contribution in [0.3, 0.4) is 0 Å². The van der Waals surface area contributed by atoms with Crippen molar-refractivity contribution >= 4 is 17.2 Å². The van der Waals surface area contributed by atoms with Crippen molar-refractivity contribution in [1.82, 2.24) is 24.7 Å². The van der Waals surface area contributed by atoms with E-state index in [1.54, 1.807) is 0 Å². The molecule has 0 N–H and O–H groups in total. The van der Waals surface area contributed by atoms with Crippen LogP contribution < -0.4 is 5.69 Å². The Bertz CT molecular complexity index is 752. The van der Waals surface area contributed by atoms with Gasteiger partial charge in [-0.3, -0.25) is 4.79 Å². The van der Waals surface area contributed by atoms with E-state index in [1.807, 2.05) is 22.4 Å². The van der Waals surface area contributed by atoms with Crippen molar-refractivity contribution in [3.63, 3.8) is 0 Å². The van der Waals surface area contributed by atoms with Crippen LogP contribution in [-0.4, -0.2) is 43.7 Å². The number of amides is 1. The summed E-state index contributed by atoms with van der Waals surface area (Å²) in [5.74, 6) is 0.532. The molecule has 0 atom stereocenters. The summed E-state index contributed by atoms with van der Waals surface area (Å²) in [7, 11) is 0. The Hall–Kier alpha value is -1.96. The lowest BCUT2D eigenvalue weighted by molar-refractivity contribution is -0.136. The van der Waals surface area contributed by atoms with Crippen molar-refractivity contribution in [3.05, 3.63) is 28.0 Å². The van der Waals surface area contributed by atoms with E-state index in [1.165, 1.54) is 33.5 Å². The molecule has 2 fully saturated rings. The molecule has 0 unspecified atom stereocenters. The summed E-state index contributed by atoms with van der Waals surface area (Å²) in [6.07, 6.45) is 5.95. The van der Waals surface area contributed by atoms with Gasteiger partial charge in [0.05, 0.1) is 6.04 Å². The molecule has 0 radical (unpaired) electrons. The predicted octanol–water partition coefficient (Wildman–Crippen LogP) is 1.84. The van der Waals surface area contributed by atoms with E-state index in [-0.39, 0.29) is 17.6 Å². The minimum absolute atomic E-state index is 0.0267. The molecule has 1 saturated heterocycles. The van der Waals surface area contributed by atoms with Crippen LogP contribution in [0, 0.1) is 5.92 Å². The predicted molar refractivity (Wildman–Crippen MR) is 90.3 cm³/mol. The summed E-state index contributed by atoms with van der Waals surface area (Å²) in [5.41, 5.74) is -0.196. The van der Waals surface area contributed by atoms with Crippen molar-refractivity contribution in [3.8, 4) is 5.00 Å². The van der Waals surface area contributed by atoms with Gasteiger partial charge in [-0.2, -0.15) is 9.36 Å². The van der Waals surface area contributed by atoms with Gasteiger partial charge in [-0.25, -0.2) is 4.79 Å². The molecule has 1 amide bonds. The molecule has 2 aromatic heterocycles. The van der Waals surface area contributed by atoms with Crippen LogP contribution in [0.5, 0.6) is 0 Å². The highest BCUT2D eigenvalue weighted by molar-refractivity contribution is 7.12. The van der Waals surface area contributed by atoms with Crippen molar-refractivity contribution < 1.29 is 4.79 Å². The third kappa shape index (κ3) is 2.79. The molecule has 8 heteroatoms. The molecule has 24 heavy (non-hydrogen) atoms. The summed E-state index contributed by atoms with van der Waals surface area (Å²) >= 11 is 1.46. The Morgan fingerprint density at radius 1 is 1.12 bits per heavy atom. The first-order valence-electron chi connectivity index (χ1n) is 8.61. The fraction of sp³-hybridized carbons (Fsp3) is 0.625. The van der Waals surface area contributed by atoms with Crippen LogP contribution in [0.1, 0.15) is 44.6 Å². The van der Waals surface area contributed by atoms with Gasteiger partial charge in [0.15, 0.2) is 0 Å². The molecule has 0 bridgehead atoms. The van der Waals surface area contributed by atoms with Crippen molar-refractivity contribution in [1.29, 1.82) is 0 Å². The van der Waals surface area contributed by atoms with Gasteiger partial charge in [0.2, 0.25) is 5.91 Å². The molecule has 3 heterocycles. The molecule has 7 nitrogen and oxygen atoms in total. The van der Waals surface area contributed by atoms with E-state index in [4.69, 9.17) is 0 Å². The molecule has 0 spiro atoms. The lowest BCUT2D eigenvalue weighted by Crippen LogP contribution is -2.43. The minimum atomic E-state index is -0.196. The van der Waals surface area contributed by atoms with E-state index < -0.39 is 0 Å². The third-order valence-corrected chi connectivity index (χ3v) is 5.99. The van der Waals surface area contributed by atoms with E-state index in [0.717, 1.165) is 30.7 Å². The highest BCUT2D eigenvalue weighted by Crippen LogP contribution is 2.29. The lowest BCUT2D eigenvalue weighted by Gasteiger charge is -2.33. The Labute approximate surface area is 143 Å². The first-order chi connectivity index (χ1) is 11.7. The van der Waals surface area contributed by atoms with Crippen LogP contribution >= 0.6 is 11.3 Å². The van der Waals surface area contributed by atoms with Gasteiger partial charge in [0, 0.05) is 19.0 Å². The average molecular weight is 347 g/mol. The summed E-state index contributed by atoms with van der Waals surface area (Å²) in [5, 5.41) is 10.7. The Kier molecular flexibility index (Phi) is 4.22. The van der Waals surface area contributed by atoms with E-state index in [0.29, 0.717) is 19.0 Å². The van der Waals surface area contributed by atoms with E-state index in [2.05, 4.69) is 10.4 Å². The zero-order chi connectivity index (χ0) is 16.5.